The summed E-state index contributed by atoms with van der Waals surface area (Å²) in [5.74, 6) is 0. The summed E-state index contributed by atoms with van der Waals surface area (Å²) in [7, 11) is -3.43. The molecule has 1 fully saturated rings. The van der Waals surface area contributed by atoms with Gasteiger partial charge in [-0.05, 0) is 26.0 Å². The number of piperazine rings is 1. The lowest BCUT2D eigenvalue weighted by Gasteiger charge is -2.36. The molecule has 0 unspecified atom stereocenters. The Morgan fingerprint density at radius 1 is 1.14 bits per heavy atom. The van der Waals surface area contributed by atoms with Crippen molar-refractivity contribution in [1.82, 2.24) is 9.21 Å². The van der Waals surface area contributed by atoms with Gasteiger partial charge in [0, 0.05) is 37.8 Å². The van der Waals surface area contributed by atoms with Gasteiger partial charge in [0.2, 0.25) is 10.0 Å². The van der Waals surface area contributed by atoms with Crippen LogP contribution >= 0.6 is 12.2 Å². The first-order valence-electron chi connectivity index (χ1n) is 6.96. The Balaban J connectivity index is 2.13. The molecule has 5 nitrogen and oxygen atoms in total. The van der Waals surface area contributed by atoms with Crippen molar-refractivity contribution in [2.45, 2.75) is 24.8 Å². The number of benzene rings is 1. The molecule has 0 spiro atoms. The van der Waals surface area contributed by atoms with E-state index in [1.54, 1.807) is 28.6 Å². The number of sulfonamides is 1. The van der Waals surface area contributed by atoms with E-state index in [2.05, 4.69) is 18.7 Å². The monoisotopic (exact) mass is 327 g/mol. The third-order valence-corrected chi connectivity index (χ3v) is 5.93. The van der Waals surface area contributed by atoms with Gasteiger partial charge in [0.05, 0.1) is 4.90 Å². The van der Waals surface area contributed by atoms with Crippen molar-refractivity contribution in [1.29, 1.82) is 0 Å². The average Bonchev–Trinajstić information content (AvgIpc) is 2.47. The molecule has 2 rings (SSSR count). The van der Waals surface area contributed by atoms with Gasteiger partial charge < -0.3 is 5.73 Å². The van der Waals surface area contributed by atoms with Gasteiger partial charge in [0.25, 0.3) is 0 Å². The molecule has 1 heterocycles. The molecule has 0 radical (unpaired) electrons. The summed E-state index contributed by atoms with van der Waals surface area (Å²) in [6, 6.07) is 6.89. The number of rotatable bonds is 4. The van der Waals surface area contributed by atoms with Crippen LogP contribution in [0.5, 0.6) is 0 Å². The summed E-state index contributed by atoms with van der Waals surface area (Å²) < 4.78 is 26.7. The summed E-state index contributed by atoms with van der Waals surface area (Å²) in [5.41, 5.74) is 6.20. The van der Waals surface area contributed by atoms with Crippen LogP contribution in [0.2, 0.25) is 0 Å². The predicted molar refractivity (Wildman–Crippen MR) is 87.8 cm³/mol. The van der Waals surface area contributed by atoms with Gasteiger partial charge in [0.1, 0.15) is 4.99 Å². The second-order valence-electron chi connectivity index (χ2n) is 5.42. The predicted octanol–water partition coefficient (Wildman–Crippen LogP) is 1.04. The van der Waals surface area contributed by atoms with Crippen LogP contribution in [0.4, 0.5) is 0 Å². The third kappa shape index (κ3) is 3.60. The van der Waals surface area contributed by atoms with Gasteiger partial charge in [-0.1, -0.05) is 24.4 Å². The fourth-order valence-corrected chi connectivity index (χ4v) is 3.96. The molecule has 0 aliphatic carbocycles. The van der Waals surface area contributed by atoms with Gasteiger partial charge in [0.15, 0.2) is 0 Å². The normalized spacial score (nSPS) is 18.0. The molecule has 7 heteroatoms. The van der Waals surface area contributed by atoms with E-state index in [-0.39, 0.29) is 4.99 Å². The van der Waals surface area contributed by atoms with E-state index in [1.807, 2.05) is 0 Å². The van der Waals surface area contributed by atoms with E-state index in [0.717, 1.165) is 13.1 Å². The summed E-state index contributed by atoms with van der Waals surface area (Å²) in [4.78, 5) is 2.84. The number of nitrogens with zero attached hydrogens (tertiary/aromatic N) is 2. The average molecular weight is 327 g/mol. The van der Waals surface area contributed by atoms with Crippen LogP contribution in [0.1, 0.15) is 19.4 Å². The Kier molecular flexibility index (Phi) is 4.98. The molecule has 0 saturated carbocycles. The van der Waals surface area contributed by atoms with Crippen LogP contribution in [0.25, 0.3) is 0 Å². The molecule has 116 valence electrons. The first-order chi connectivity index (χ1) is 9.82. The molecule has 21 heavy (non-hydrogen) atoms. The van der Waals surface area contributed by atoms with E-state index in [1.165, 1.54) is 0 Å². The summed E-state index contributed by atoms with van der Waals surface area (Å²) >= 11 is 4.87. The zero-order chi connectivity index (χ0) is 15.6. The highest BCUT2D eigenvalue weighted by molar-refractivity contribution is 7.89. The molecule has 1 aliphatic rings. The Morgan fingerprint density at radius 2 is 1.67 bits per heavy atom. The quantitative estimate of drug-likeness (QED) is 0.837. The van der Waals surface area contributed by atoms with Crippen molar-refractivity contribution < 1.29 is 8.42 Å². The number of hydrogen-bond acceptors (Lipinski definition) is 4. The SMILES string of the molecule is CC(C)N1CCN(S(=O)(=O)c2ccc(C(N)=S)cc2)CC1. The highest BCUT2D eigenvalue weighted by Crippen LogP contribution is 2.19. The van der Waals surface area contributed by atoms with E-state index in [9.17, 15) is 8.42 Å². The molecule has 0 amide bonds. The molecular formula is C14H21N3O2S2. The fourth-order valence-electron chi connectivity index (χ4n) is 2.40. The highest BCUT2D eigenvalue weighted by atomic mass is 32.2. The minimum absolute atomic E-state index is 0.268. The Bertz CT molecular complexity index is 604. The number of hydrogen-bond donors (Lipinski definition) is 1. The Labute approximate surface area is 131 Å². The first kappa shape index (κ1) is 16.4. The minimum atomic E-state index is -3.43. The van der Waals surface area contributed by atoms with Crippen molar-refractivity contribution in [3.63, 3.8) is 0 Å². The summed E-state index contributed by atoms with van der Waals surface area (Å²) in [6.45, 7) is 6.83. The van der Waals surface area contributed by atoms with Crippen LogP contribution < -0.4 is 5.73 Å². The van der Waals surface area contributed by atoms with Crippen molar-refractivity contribution >= 4 is 27.2 Å². The van der Waals surface area contributed by atoms with Gasteiger partial charge in [-0.2, -0.15) is 4.31 Å². The maximum Gasteiger partial charge on any atom is 0.243 e. The zero-order valence-corrected chi connectivity index (χ0v) is 14.0. The number of nitrogens with two attached hydrogens (primary N) is 1. The maximum absolute atomic E-state index is 12.6. The van der Waals surface area contributed by atoms with Crippen LogP contribution in [-0.2, 0) is 10.0 Å². The lowest BCUT2D eigenvalue weighted by molar-refractivity contribution is 0.154. The summed E-state index contributed by atoms with van der Waals surface area (Å²) in [5, 5.41) is 0. The van der Waals surface area contributed by atoms with Crippen molar-refractivity contribution in [2.75, 3.05) is 26.2 Å². The fraction of sp³-hybridized carbons (Fsp3) is 0.500. The van der Waals surface area contributed by atoms with Gasteiger partial charge in [-0.15, -0.1) is 0 Å². The topological polar surface area (TPSA) is 66.6 Å². The molecule has 0 bridgehead atoms. The molecule has 0 atom stereocenters. The van der Waals surface area contributed by atoms with Crippen LogP contribution in [0, 0.1) is 0 Å². The van der Waals surface area contributed by atoms with E-state index >= 15 is 0 Å². The molecule has 1 saturated heterocycles. The molecule has 1 aromatic carbocycles. The smallest absolute Gasteiger partial charge is 0.243 e. The standard InChI is InChI=1S/C14H21N3O2S2/c1-11(2)16-7-9-17(10-8-16)21(18,19)13-5-3-12(4-6-13)14(15)20/h3-6,11H,7-10H2,1-2H3,(H2,15,20). The van der Waals surface area contributed by atoms with Crippen molar-refractivity contribution in [2.24, 2.45) is 5.73 Å². The van der Waals surface area contributed by atoms with Crippen molar-refractivity contribution in [3.8, 4) is 0 Å². The minimum Gasteiger partial charge on any atom is -0.389 e. The molecular weight excluding hydrogens is 306 g/mol. The molecule has 0 aromatic heterocycles. The molecule has 1 aromatic rings. The van der Waals surface area contributed by atoms with Gasteiger partial charge in [-0.3, -0.25) is 4.90 Å². The van der Waals surface area contributed by atoms with Gasteiger partial charge >= 0.3 is 0 Å². The maximum atomic E-state index is 12.6. The van der Waals surface area contributed by atoms with Gasteiger partial charge in [-0.25, -0.2) is 8.42 Å². The Hall–Kier alpha value is -1.02. The second-order valence-corrected chi connectivity index (χ2v) is 7.80. The van der Waals surface area contributed by atoms with E-state index in [0.29, 0.717) is 29.6 Å². The third-order valence-electron chi connectivity index (χ3n) is 3.78. The summed E-state index contributed by atoms with van der Waals surface area (Å²) in [6.07, 6.45) is 0. The van der Waals surface area contributed by atoms with Crippen LogP contribution in [0.3, 0.4) is 0 Å². The second kappa shape index (κ2) is 6.39. The van der Waals surface area contributed by atoms with E-state index in [4.69, 9.17) is 18.0 Å². The van der Waals surface area contributed by atoms with Crippen LogP contribution in [-0.4, -0.2) is 54.8 Å². The van der Waals surface area contributed by atoms with Crippen LogP contribution in [0.15, 0.2) is 29.2 Å². The first-order valence-corrected chi connectivity index (χ1v) is 8.81. The largest absolute Gasteiger partial charge is 0.389 e. The number of thiocarbonyl (C=S) groups is 1. The lowest BCUT2D eigenvalue weighted by atomic mass is 10.2. The molecule has 2 N–H and O–H groups in total. The lowest BCUT2D eigenvalue weighted by Crippen LogP contribution is -2.50. The van der Waals surface area contributed by atoms with Crippen molar-refractivity contribution in [3.05, 3.63) is 29.8 Å². The molecule has 1 aliphatic heterocycles. The van der Waals surface area contributed by atoms with E-state index < -0.39 is 10.0 Å². The Morgan fingerprint density at radius 3 is 2.10 bits per heavy atom. The zero-order valence-electron chi connectivity index (χ0n) is 12.3. The highest BCUT2D eigenvalue weighted by Gasteiger charge is 2.29.